The number of amides is 1. The van der Waals surface area contributed by atoms with E-state index < -0.39 is 29.0 Å². The lowest BCUT2D eigenvalue weighted by molar-refractivity contribution is -0.137. The van der Waals surface area contributed by atoms with Crippen molar-refractivity contribution in [2.75, 3.05) is 6.54 Å². The summed E-state index contributed by atoms with van der Waals surface area (Å²) in [6.07, 6.45) is -4.61. The minimum Gasteiger partial charge on any atom is -0.351 e. The maximum atomic E-state index is 13.5. The van der Waals surface area contributed by atoms with E-state index in [1.54, 1.807) is 0 Å². The fourth-order valence-corrected chi connectivity index (χ4v) is 1.56. The number of hydrogen-bond acceptors (Lipinski definition) is 1. The first-order valence-corrected chi connectivity index (χ1v) is 6.83. The van der Waals surface area contributed by atoms with Crippen molar-refractivity contribution in [3.63, 3.8) is 0 Å². The van der Waals surface area contributed by atoms with Crippen LogP contribution < -0.4 is 5.32 Å². The Labute approximate surface area is 122 Å². The monoisotopic (exact) mass is 355 g/mol. The van der Waals surface area contributed by atoms with Gasteiger partial charge < -0.3 is 5.32 Å². The predicted octanol–water partition coefficient (Wildman–Crippen LogP) is 3.99. The normalized spacial score (nSPS) is 13.4. The van der Waals surface area contributed by atoms with Crippen molar-refractivity contribution in [1.82, 2.24) is 5.32 Å². The van der Waals surface area contributed by atoms with Crippen molar-refractivity contribution in [3.05, 3.63) is 35.1 Å². The van der Waals surface area contributed by atoms with Crippen LogP contribution in [-0.2, 0) is 6.18 Å². The van der Waals surface area contributed by atoms with Crippen molar-refractivity contribution in [3.8, 4) is 0 Å². The summed E-state index contributed by atoms with van der Waals surface area (Å²) in [7, 11) is 0. The van der Waals surface area contributed by atoms with Crippen LogP contribution in [0, 0.1) is 11.7 Å². The van der Waals surface area contributed by atoms with Gasteiger partial charge in [-0.1, -0.05) is 29.8 Å². The van der Waals surface area contributed by atoms with E-state index in [1.807, 2.05) is 13.8 Å². The van der Waals surface area contributed by atoms with Gasteiger partial charge in [-0.25, -0.2) is 4.39 Å². The highest BCUT2D eigenvalue weighted by Gasteiger charge is 2.32. The molecule has 1 aromatic rings. The van der Waals surface area contributed by atoms with Gasteiger partial charge >= 0.3 is 6.18 Å². The summed E-state index contributed by atoms with van der Waals surface area (Å²) in [5.41, 5.74) is -1.66. The van der Waals surface area contributed by atoms with Crippen LogP contribution in [0.25, 0.3) is 0 Å². The van der Waals surface area contributed by atoms with E-state index in [1.165, 1.54) is 0 Å². The van der Waals surface area contributed by atoms with E-state index in [9.17, 15) is 22.4 Å². The fourth-order valence-electron chi connectivity index (χ4n) is 1.40. The molecule has 2 nitrogen and oxygen atoms in total. The number of benzene rings is 1. The molecule has 0 fully saturated rings. The Morgan fingerprint density at radius 2 is 1.95 bits per heavy atom. The molecule has 1 aromatic carbocycles. The van der Waals surface area contributed by atoms with E-state index >= 15 is 0 Å². The van der Waals surface area contributed by atoms with Gasteiger partial charge in [-0.2, -0.15) is 13.2 Å². The first-order chi connectivity index (χ1) is 9.12. The van der Waals surface area contributed by atoms with Gasteiger partial charge in [-0.15, -0.1) is 0 Å². The maximum absolute atomic E-state index is 13.5. The van der Waals surface area contributed by atoms with Gasteiger partial charge in [0.2, 0.25) is 0 Å². The number of carbonyl (C=O) groups is 1. The first-order valence-electron chi connectivity index (χ1n) is 5.92. The average Bonchev–Trinajstić information content (AvgIpc) is 2.34. The Morgan fingerprint density at radius 1 is 1.35 bits per heavy atom. The third kappa shape index (κ3) is 4.47. The molecule has 1 rings (SSSR count). The Morgan fingerprint density at radius 3 is 2.45 bits per heavy atom. The molecule has 0 bridgehead atoms. The topological polar surface area (TPSA) is 29.1 Å². The standard InChI is InChI=1S/C13H14BrF4NO/c1-7(2)10(14)6-19-12(20)9-5-8(13(16,17)18)3-4-11(9)15/h3-5,7,10H,6H2,1-2H3,(H,19,20). The highest BCUT2D eigenvalue weighted by atomic mass is 79.9. The number of halogens is 5. The number of carbonyl (C=O) groups excluding carboxylic acids is 1. The highest BCUT2D eigenvalue weighted by Crippen LogP contribution is 2.30. The van der Waals surface area contributed by atoms with Crippen LogP contribution in [0.2, 0.25) is 0 Å². The number of rotatable bonds is 4. The molecular weight excluding hydrogens is 342 g/mol. The van der Waals surface area contributed by atoms with Crippen LogP contribution in [0.4, 0.5) is 17.6 Å². The summed E-state index contributed by atoms with van der Waals surface area (Å²) in [4.78, 5) is 11.7. The molecule has 1 unspecified atom stereocenters. The van der Waals surface area contributed by atoms with Gasteiger partial charge in [0.05, 0.1) is 11.1 Å². The lowest BCUT2D eigenvalue weighted by Crippen LogP contribution is -2.32. The highest BCUT2D eigenvalue weighted by molar-refractivity contribution is 9.09. The van der Waals surface area contributed by atoms with Gasteiger partial charge in [-0.05, 0) is 24.1 Å². The summed E-state index contributed by atoms with van der Waals surface area (Å²) >= 11 is 3.32. The van der Waals surface area contributed by atoms with Crippen LogP contribution in [0.15, 0.2) is 18.2 Å². The molecule has 0 aliphatic carbocycles. The number of nitrogens with one attached hydrogen (secondary N) is 1. The lowest BCUT2D eigenvalue weighted by Gasteiger charge is -2.15. The molecule has 0 aromatic heterocycles. The molecule has 0 aliphatic rings. The summed E-state index contributed by atoms with van der Waals surface area (Å²) in [5.74, 6) is -1.62. The second-order valence-corrected chi connectivity index (χ2v) is 5.84. The van der Waals surface area contributed by atoms with Crippen LogP contribution >= 0.6 is 15.9 Å². The largest absolute Gasteiger partial charge is 0.416 e. The Hall–Kier alpha value is -1.11. The van der Waals surface area contributed by atoms with E-state index in [4.69, 9.17) is 0 Å². The average molecular weight is 356 g/mol. The molecule has 7 heteroatoms. The lowest BCUT2D eigenvalue weighted by atomic mass is 10.1. The predicted molar refractivity (Wildman–Crippen MR) is 71.3 cm³/mol. The number of hydrogen-bond donors (Lipinski definition) is 1. The van der Waals surface area contributed by atoms with Crippen molar-refractivity contribution in [1.29, 1.82) is 0 Å². The first kappa shape index (κ1) is 16.9. The van der Waals surface area contributed by atoms with Crippen molar-refractivity contribution < 1.29 is 22.4 Å². The zero-order chi connectivity index (χ0) is 15.5. The van der Waals surface area contributed by atoms with E-state index in [2.05, 4.69) is 21.2 Å². The molecule has 0 heterocycles. The zero-order valence-corrected chi connectivity index (χ0v) is 12.5. The molecule has 112 valence electrons. The minimum atomic E-state index is -4.61. The van der Waals surface area contributed by atoms with E-state index in [0.29, 0.717) is 18.2 Å². The second-order valence-electron chi connectivity index (χ2n) is 4.66. The van der Waals surface area contributed by atoms with Gasteiger partial charge in [-0.3, -0.25) is 4.79 Å². The molecule has 0 aliphatic heterocycles. The fraction of sp³-hybridized carbons (Fsp3) is 0.462. The maximum Gasteiger partial charge on any atom is 0.416 e. The zero-order valence-electron chi connectivity index (χ0n) is 10.9. The van der Waals surface area contributed by atoms with Crippen LogP contribution in [0.1, 0.15) is 29.8 Å². The van der Waals surface area contributed by atoms with Gasteiger partial charge in [0.25, 0.3) is 5.91 Å². The second kappa shape index (κ2) is 6.56. The molecule has 1 amide bonds. The molecule has 1 N–H and O–H groups in total. The summed E-state index contributed by atoms with van der Waals surface area (Å²) < 4.78 is 51.0. The molecular formula is C13H14BrF4NO. The Bertz CT molecular complexity index is 488. The molecule has 1 atom stereocenters. The van der Waals surface area contributed by atoms with E-state index in [0.717, 1.165) is 0 Å². The summed E-state index contributed by atoms with van der Waals surface area (Å²) in [5, 5.41) is 2.41. The molecule has 20 heavy (non-hydrogen) atoms. The van der Waals surface area contributed by atoms with Gasteiger partial charge in [0.15, 0.2) is 0 Å². The van der Waals surface area contributed by atoms with Crippen LogP contribution in [-0.4, -0.2) is 17.3 Å². The smallest absolute Gasteiger partial charge is 0.351 e. The molecule has 0 saturated carbocycles. The summed E-state index contributed by atoms with van der Waals surface area (Å²) in [6, 6.07) is 1.77. The quantitative estimate of drug-likeness (QED) is 0.642. The SMILES string of the molecule is CC(C)C(Br)CNC(=O)c1cc(C(F)(F)F)ccc1F. The minimum absolute atomic E-state index is 0.0414. The van der Waals surface area contributed by atoms with Crippen molar-refractivity contribution in [2.24, 2.45) is 5.92 Å². The van der Waals surface area contributed by atoms with Crippen LogP contribution in [0.5, 0.6) is 0 Å². The molecule has 0 spiro atoms. The Balaban J connectivity index is 2.87. The van der Waals surface area contributed by atoms with Gasteiger partial charge in [0, 0.05) is 11.4 Å². The number of alkyl halides is 4. The molecule has 0 radical (unpaired) electrons. The third-order valence-electron chi connectivity index (χ3n) is 2.72. The van der Waals surface area contributed by atoms with E-state index in [-0.39, 0.29) is 17.3 Å². The van der Waals surface area contributed by atoms with Crippen molar-refractivity contribution >= 4 is 21.8 Å². The van der Waals surface area contributed by atoms with Gasteiger partial charge in [0.1, 0.15) is 5.82 Å². The Kier molecular flexibility index (Phi) is 5.56. The van der Waals surface area contributed by atoms with Crippen molar-refractivity contribution in [2.45, 2.75) is 24.9 Å². The third-order valence-corrected chi connectivity index (χ3v) is 4.10. The molecule has 0 saturated heterocycles. The van der Waals surface area contributed by atoms with Crippen LogP contribution in [0.3, 0.4) is 0 Å². The summed E-state index contributed by atoms with van der Waals surface area (Å²) in [6.45, 7) is 4.03.